The van der Waals surface area contributed by atoms with E-state index in [2.05, 4.69) is 21.2 Å². The molecule has 0 aliphatic rings. The normalized spacial score (nSPS) is 10.5. The Balaban J connectivity index is 2.77. The molecule has 0 radical (unpaired) electrons. The van der Waals surface area contributed by atoms with E-state index >= 15 is 0 Å². The lowest BCUT2D eigenvalue weighted by molar-refractivity contribution is 0.0948. The van der Waals surface area contributed by atoms with Crippen molar-refractivity contribution in [1.29, 1.82) is 0 Å². The van der Waals surface area contributed by atoms with Gasteiger partial charge in [-0.05, 0) is 40.0 Å². The van der Waals surface area contributed by atoms with Gasteiger partial charge in [0.1, 0.15) is 5.82 Å². The molecule has 0 bridgehead atoms. The van der Waals surface area contributed by atoms with Crippen molar-refractivity contribution < 1.29 is 9.18 Å². The molecule has 0 aliphatic carbocycles. The van der Waals surface area contributed by atoms with E-state index < -0.39 is 5.82 Å². The van der Waals surface area contributed by atoms with Crippen LogP contribution in [0, 0.1) is 11.7 Å². The summed E-state index contributed by atoms with van der Waals surface area (Å²) in [5.41, 5.74) is 0.329. The number of nitrogens with one attached hydrogen (secondary N) is 1. The summed E-state index contributed by atoms with van der Waals surface area (Å²) in [7, 11) is 0. The SMILES string of the molecule is CC(C)CNC(=O)c1cc(F)ccc1Br. The van der Waals surface area contributed by atoms with Gasteiger partial charge in [0.05, 0.1) is 5.56 Å². The van der Waals surface area contributed by atoms with Crippen LogP contribution in [0.4, 0.5) is 4.39 Å². The van der Waals surface area contributed by atoms with Gasteiger partial charge in [0.15, 0.2) is 0 Å². The quantitative estimate of drug-likeness (QED) is 0.902. The first-order chi connectivity index (χ1) is 7.00. The summed E-state index contributed by atoms with van der Waals surface area (Å²) in [5, 5.41) is 2.73. The first-order valence-corrected chi connectivity index (χ1v) is 5.53. The van der Waals surface area contributed by atoms with E-state index in [1.54, 1.807) is 0 Å². The van der Waals surface area contributed by atoms with Crippen molar-refractivity contribution in [1.82, 2.24) is 5.32 Å². The van der Waals surface area contributed by atoms with Crippen LogP contribution in [0.5, 0.6) is 0 Å². The van der Waals surface area contributed by atoms with Crippen LogP contribution in [-0.2, 0) is 0 Å². The van der Waals surface area contributed by atoms with Crippen LogP contribution in [0.25, 0.3) is 0 Å². The molecule has 1 N–H and O–H groups in total. The molecule has 4 heteroatoms. The summed E-state index contributed by atoms with van der Waals surface area (Å²) in [4.78, 5) is 11.6. The fourth-order valence-electron chi connectivity index (χ4n) is 1.06. The Hall–Kier alpha value is -0.900. The first kappa shape index (κ1) is 12.2. The molecule has 2 nitrogen and oxygen atoms in total. The summed E-state index contributed by atoms with van der Waals surface area (Å²) in [6.45, 7) is 4.59. The van der Waals surface area contributed by atoms with Crippen LogP contribution in [0.15, 0.2) is 22.7 Å². The maximum Gasteiger partial charge on any atom is 0.252 e. The van der Waals surface area contributed by atoms with E-state index in [-0.39, 0.29) is 5.91 Å². The van der Waals surface area contributed by atoms with Crippen LogP contribution in [0.2, 0.25) is 0 Å². The fourth-order valence-corrected chi connectivity index (χ4v) is 1.49. The molecule has 15 heavy (non-hydrogen) atoms. The number of carbonyl (C=O) groups excluding carboxylic acids is 1. The van der Waals surface area contributed by atoms with E-state index in [0.717, 1.165) is 0 Å². The van der Waals surface area contributed by atoms with Crippen LogP contribution in [0.3, 0.4) is 0 Å². The lowest BCUT2D eigenvalue weighted by Gasteiger charge is -2.08. The van der Waals surface area contributed by atoms with Gasteiger partial charge in [-0.15, -0.1) is 0 Å². The second kappa shape index (κ2) is 5.26. The van der Waals surface area contributed by atoms with Crippen LogP contribution in [-0.4, -0.2) is 12.5 Å². The smallest absolute Gasteiger partial charge is 0.252 e. The molecule has 0 aromatic heterocycles. The Labute approximate surface area is 97.0 Å². The molecule has 82 valence electrons. The Bertz CT molecular complexity index is 366. The summed E-state index contributed by atoms with van der Waals surface area (Å²) in [5.74, 6) is -0.288. The molecule has 0 fully saturated rings. The van der Waals surface area contributed by atoms with Gasteiger partial charge in [0.25, 0.3) is 5.91 Å². The van der Waals surface area contributed by atoms with Crippen molar-refractivity contribution in [3.63, 3.8) is 0 Å². The van der Waals surface area contributed by atoms with E-state index in [1.807, 2.05) is 13.8 Å². The van der Waals surface area contributed by atoms with Crippen LogP contribution < -0.4 is 5.32 Å². The lowest BCUT2D eigenvalue weighted by atomic mass is 10.2. The van der Waals surface area contributed by atoms with E-state index in [9.17, 15) is 9.18 Å². The van der Waals surface area contributed by atoms with Crippen LogP contribution in [0.1, 0.15) is 24.2 Å². The average Bonchev–Trinajstić information content (AvgIpc) is 2.18. The molecule has 1 rings (SSSR count). The molecule has 0 aliphatic heterocycles. The highest BCUT2D eigenvalue weighted by atomic mass is 79.9. The fraction of sp³-hybridized carbons (Fsp3) is 0.364. The molecule has 0 spiro atoms. The molecule has 1 aromatic rings. The maximum absolute atomic E-state index is 12.9. The number of hydrogen-bond acceptors (Lipinski definition) is 1. The van der Waals surface area contributed by atoms with Gasteiger partial charge < -0.3 is 5.32 Å². The number of halogens is 2. The number of amides is 1. The monoisotopic (exact) mass is 273 g/mol. The van der Waals surface area contributed by atoms with Gasteiger partial charge in [0, 0.05) is 11.0 Å². The predicted octanol–water partition coefficient (Wildman–Crippen LogP) is 2.97. The molecule has 0 unspecified atom stereocenters. The zero-order valence-corrected chi connectivity index (χ0v) is 10.3. The van der Waals surface area contributed by atoms with Crippen molar-refractivity contribution in [2.45, 2.75) is 13.8 Å². The minimum atomic E-state index is -0.409. The third-order valence-corrected chi connectivity index (χ3v) is 2.54. The molecule has 0 atom stereocenters. The highest BCUT2D eigenvalue weighted by Gasteiger charge is 2.10. The third-order valence-electron chi connectivity index (χ3n) is 1.84. The maximum atomic E-state index is 12.9. The number of rotatable bonds is 3. The number of carbonyl (C=O) groups is 1. The molecule has 1 amide bonds. The summed E-state index contributed by atoms with van der Waals surface area (Å²) in [6.07, 6.45) is 0. The van der Waals surface area contributed by atoms with Gasteiger partial charge in [0.2, 0.25) is 0 Å². The lowest BCUT2D eigenvalue weighted by Crippen LogP contribution is -2.27. The Morgan fingerprint density at radius 2 is 2.20 bits per heavy atom. The molecule has 0 saturated carbocycles. The number of benzene rings is 1. The van der Waals surface area contributed by atoms with Crippen molar-refractivity contribution in [2.75, 3.05) is 6.54 Å². The van der Waals surface area contributed by atoms with Gasteiger partial charge >= 0.3 is 0 Å². The summed E-state index contributed by atoms with van der Waals surface area (Å²) < 4.78 is 13.5. The van der Waals surface area contributed by atoms with Gasteiger partial charge in [-0.2, -0.15) is 0 Å². The minimum absolute atomic E-state index is 0.255. The zero-order valence-electron chi connectivity index (χ0n) is 8.68. The van der Waals surface area contributed by atoms with E-state index in [1.165, 1.54) is 18.2 Å². The minimum Gasteiger partial charge on any atom is -0.352 e. The summed E-state index contributed by atoms with van der Waals surface area (Å²) in [6, 6.07) is 4.06. The van der Waals surface area contributed by atoms with Gasteiger partial charge in [-0.3, -0.25) is 4.79 Å². The predicted molar refractivity (Wildman–Crippen MR) is 61.3 cm³/mol. The third kappa shape index (κ3) is 3.63. The number of hydrogen-bond donors (Lipinski definition) is 1. The second-order valence-electron chi connectivity index (χ2n) is 3.73. The standard InChI is InChI=1S/C11H13BrFNO/c1-7(2)6-14-11(15)9-5-8(13)3-4-10(9)12/h3-5,7H,6H2,1-2H3,(H,14,15). The van der Waals surface area contributed by atoms with Crippen molar-refractivity contribution in [2.24, 2.45) is 5.92 Å². The van der Waals surface area contributed by atoms with E-state index in [4.69, 9.17) is 0 Å². The largest absolute Gasteiger partial charge is 0.352 e. The van der Waals surface area contributed by atoms with E-state index in [0.29, 0.717) is 22.5 Å². The zero-order chi connectivity index (χ0) is 11.4. The van der Waals surface area contributed by atoms with Crippen molar-refractivity contribution in [3.8, 4) is 0 Å². The highest BCUT2D eigenvalue weighted by Crippen LogP contribution is 2.17. The molecular formula is C11H13BrFNO. The Kier molecular flexibility index (Phi) is 4.27. The molecular weight excluding hydrogens is 261 g/mol. The molecule has 0 saturated heterocycles. The van der Waals surface area contributed by atoms with Crippen LogP contribution >= 0.6 is 15.9 Å². The first-order valence-electron chi connectivity index (χ1n) is 4.74. The second-order valence-corrected chi connectivity index (χ2v) is 4.58. The van der Waals surface area contributed by atoms with Crippen molar-refractivity contribution >= 4 is 21.8 Å². The molecule has 0 heterocycles. The molecule has 1 aromatic carbocycles. The Morgan fingerprint density at radius 1 is 1.53 bits per heavy atom. The van der Waals surface area contributed by atoms with Gasteiger partial charge in [-0.1, -0.05) is 13.8 Å². The highest BCUT2D eigenvalue weighted by molar-refractivity contribution is 9.10. The topological polar surface area (TPSA) is 29.1 Å². The van der Waals surface area contributed by atoms with Crippen molar-refractivity contribution in [3.05, 3.63) is 34.1 Å². The average molecular weight is 274 g/mol. The summed E-state index contributed by atoms with van der Waals surface area (Å²) >= 11 is 3.21. The Morgan fingerprint density at radius 3 is 2.80 bits per heavy atom. The van der Waals surface area contributed by atoms with Gasteiger partial charge in [-0.25, -0.2) is 4.39 Å².